The van der Waals surface area contributed by atoms with Crippen molar-refractivity contribution in [3.63, 3.8) is 0 Å². The van der Waals surface area contributed by atoms with Gasteiger partial charge in [-0.15, -0.1) is 0 Å². The van der Waals surface area contributed by atoms with E-state index in [1.54, 1.807) is 6.07 Å². The molecular weight excluding hydrogens is 427 g/mol. The number of nitrogens with two attached hydrogens (primary N) is 1. The molecule has 0 fully saturated rings. The van der Waals surface area contributed by atoms with E-state index in [1.807, 2.05) is 0 Å². The Balaban J connectivity index is 1.93. The lowest BCUT2D eigenvalue weighted by Crippen LogP contribution is -2.31. The number of hydrogen-bond acceptors (Lipinski definition) is 4. The van der Waals surface area contributed by atoms with Crippen LogP contribution in [0, 0.1) is 0 Å². The maximum atomic E-state index is 12.8. The van der Waals surface area contributed by atoms with E-state index >= 15 is 0 Å². The minimum absolute atomic E-state index is 0.187. The van der Waals surface area contributed by atoms with Crippen molar-refractivity contribution in [2.45, 2.75) is 25.6 Å². The Bertz CT molecular complexity index is 1230. The number of fused-ring (bicyclic) bond motifs is 1. The Morgan fingerprint density at radius 1 is 1.09 bits per heavy atom. The topological polar surface area (TPSA) is 103 Å². The largest absolute Gasteiger partial charge is 0.495 e. The van der Waals surface area contributed by atoms with Crippen LogP contribution in [0.4, 0.5) is 18.9 Å². The molecule has 0 saturated carbocycles. The number of hydrogen-bond donors (Lipinski definition) is 2. The highest BCUT2D eigenvalue weighted by Gasteiger charge is 2.30. The second-order valence-electron chi connectivity index (χ2n) is 7.13. The predicted octanol–water partition coefficient (Wildman–Crippen LogP) is 3.26. The minimum Gasteiger partial charge on any atom is -0.495 e. The summed E-state index contributed by atoms with van der Waals surface area (Å²) in [5, 5.41) is 3.28. The Labute approximate surface area is 180 Å². The number of carbonyl (C=O) groups is 2. The molecule has 0 saturated heterocycles. The number of aromatic nitrogens is 1. The molecule has 0 spiro atoms. The Morgan fingerprint density at radius 2 is 1.75 bits per heavy atom. The van der Waals surface area contributed by atoms with Gasteiger partial charge in [-0.25, -0.2) is 0 Å². The van der Waals surface area contributed by atoms with E-state index in [4.69, 9.17) is 10.5 Å². The molecule has 1 atom stereocenters. The fourth-order valence-electron chi connectivity index (χ4n) is 3.24. The van der Waals surface area contributed by atoms with Gasteiger partial charge >= 0.3 is 6.18 Å². The van der Waals surface area contributed by atoms with Gasteiger partial charge in [0.25, 0.3) is 5.56 Å². The molecule has 7 nitrogen and oxygen atoms in total. The van der Waals surface area contributed by atoms with Crippen molar-refractivity contribution in [2.75, 3.05) is 12.4 Å². The van der Waals surface area contributed by atoms with Gasteiger partial charge in [-0.1, -0.05) is 12.1 Å². The van der Waals surface area contributed by atoms with E-state index in [9.17, 15) is 27.6 Å². The molecule has 2 amide bonds. The van der Waals surface area contributed by atoms with E-state index in [-0.39, 0.29) is 17.5 Å². The van der Waals surface area contributed by atoms with Gasteiger partial charge in [-0.05, 0) is 42.8 Å². The van der Waals surface area contributed by atoms with E-state index < -0.39 is 35.2 Å². The standard InChI is InChI=1S/C22H20F3N3O4/c1-12(20(26)30)28-10-9-15-16(21(28)31)7-8-17(32-2)19(15)27-18(29)11-13-3-5-14(6-4-13)22(23,24)25/h3-10,12H,11H2,1-2H3,(H2,26,30)(H,27,29)/t12-/m0/s1. The van der Waals surface area contributed by atoms with Crippen LogP contribution in [0.1, 0.15) is 24.1 Å². The maximum Gasteiger partial charge on any atom is 0.416 e. The number of amides is 2. The van der Waals surface area contributed by atoms with Gasteiger partial charge in [-0.3, -0.25) is 14.4 Å². The van der Waals surface area contributed by atoms with Gasteiger partial charge in [0, 0.05) is 17.0 Å². The number of pyridine rings is 1. The number of benzene rings is 2. The second-order valence-corrected chi connectivity index (χ2v) is 7.13. The van der Waals surface area contributed by atoms with Crippen LogP contribution in [0.2, 0.25) is 0 Å². The lowest BCUT2D eigenvalue weighted by atomic mass is 10.1. The Morgan fingerprint density at radius 3 is 2.31 bits per heavy atom. The van der Waals surface area contributed by atoms with Gasteiger partial charge in [0.1, 0.15) is 11.8 Å². The predicted molar refractivity (Wildman–Crippen MR) is 112 cm³/mol. The Kier molecular flexibility index (Phi) is 6.24. The third-order valence-electron chi connectivity index (χ3n) is 5.03. The lowest BCUT2D eigenvalue weighted by Gasteiger charge is -2.16. The van der Waals surface area contributed by atoms with Crippen molar-refractivity contribution in [3.05, 3.63) is 70.1 Å². The minimum atomic E-state index is -4.46. The summed E-state index contributed by atoms with van der Waals surface area (Å²) < 4.78 is 44.6. The average molecular weight is 447 g/mol. The molecule has 3 rings (SSSR count). The van der Waals surface area contributed by atoms with Crippen LogP contribution in [0.15, 0.2) is 53.5 Å². The SMILES string of the molecule is COc1ccc2c(=O)n([C@@H](C)C(N)=O)ccc2c1NC(=O)Cc1ccc(C(F)(F)F)cc1. The summed E-state index contributed by atoms with van der Waals surface area (Å²) in [7, 11) is 1.39. The van der Waals surface area contributed by atoms with Crippen LogP contribution < -0.4 is 21.3 Å². The number of primary amides is 1. The van der Waals surface area contributed by atoms with Crippen LogP contribution >= 0.6 is 0 Å². The highest BCUT2D eigenvalue weighted by Crippen LogP contribution is 2.33. The van der Waals surface area contributed by atoms with Crippen LogP contribution in [0.3, 0.4) is 0 Å². The third kappa shape index (κ3) is 4.58. The number of nitrogens with one attached hydrogen (secondary N) is 1. The summed E-state index contributed by atoms with van der Waals surface area (Å²) in [6.45, 7) is 1.49. The highest BCUT2D eigenvalue weighted by molar-refractivity contribution is 6.05. The summed E-state index contributed by atoms with van der Waals surface area (Å²) >= 11 is 0. The molecule has 0 aliphatic heterocycles. The summed E-state index contributed by atoms with van der Waals surface area (Å²) in [6.07, 6.45) is -3.26. The summed E-state index contributed by atoms with van der Waals surface area (Å²) in [6, 6.07) is 7.95. The number of alkyl halides is 3. The van der Waals surface area contributed by atoms with Gasteiger partial charge in [0.15, 0.2) is 0 Å². The molecule has 0 bridgehead atoms. The number of rotatable bonds is 6. The third-order valence-corrected chi connectivity index (χ3v) is 5.03. The summed E-state index contributed by atoms with van der Waals surface area (Å²) in [5.74, 6) is -0.895. The zero-order valence-corrected chi connectivity index (χ0v) is 17.2. The quantitative estimate of drug-likeness (QED) is 0.605. The summed E-state index contributed by atoms with van der Waals surface area (Å²) in [5.41, 5.74) is 4.62. The molecule has 1 aromatic heterocycles. The molecule has 10 heteroatoms. The van der Waals surface area contributed by atoms with Crippen LogP contribution in [-0.4, -0.2) is 23.5 Å². The van der Waals surface area contributed by atoms with E-state index in [0.29, 0.717) is 16.7 Å². The maximum absolute atomic E-state index is 12.8. The normalized spacial score (nSPS) is 12.4. The first-order chi connectivity index (χ1) is 15.0. The highest BCUT2D eigenvalue weighted by atomic mass is 19.4. The van der Waals surface area contributed by atoms with E-state index in [2.05, 4.69) is 5.32 Å². The zero-order chi connectivity index (χ0) is 23.6. The number of ether oxygens (including phenoxy) is 1. The first-order valence-electron chi connectivity index (χ1n) is 9.50. The molecule has 168 valence electrons. The number of carbonyl (C=O) groups excluding carboxylic acids is 2. The van der Waals surface area contributed by atoms with E-state index in [1.165, 1.54) is 49.1 Å². The molecule has 1 heterocycles. The van der Waals surface area contributed by atoms with Crippen molar-refractivity contribution in [2.24, 2.45) is 5.73 Å². The molecule has 3 aromatic rings. The molecular formula is C22H20F3N3O4. The Hall–Kier alpha value is -3.82. The van der Waals surface area contributed by atoms with Gasteiger partial charge in [0.05, 0.1) is 24.8 Å². The smallest absolute Gasteiger partial charge is 0.416 e. The number of methoxy groups -OCH3 is 1. The molecule has 0 radical (unpaired) electrons. The first-order valence-corrected chi connectivity index (χ1v) is 9.50. The molecule has 0 unspecified atom stereocenters. The van der Waals surface area contributed by atoms with Crippen LogP contribution in [-0.2, 0) is 22.2 Å². The van der Waals surface area contributed by atoms with Crippen LogP contribution in [0.25, 0.3) is 10.8 Å². The molecule has 0 aliphatic carbocycles. The molecule has 2 aromatic carbocycles. The molecule has 3 N–H and O–H groups in total. The zero-order valence-electron chi connectivity index (χ0n) is 17.2. The number of nitrogens with zero attached hydrogens (tertiary/aromatic N) is 1. The first kappa shape index (κ1) is 22.9. The van der Waals surface area contributed by atoms with Crippen molar-refractivity contribution in [1.82, 2.24) is 4.57 Å². The van der Waals surface area contributed by atoms with Gasteiger partial charge in [0.2, 0.25) is 11.8 Å². The van der Waals surface area contributed by atoms with Gasteiger partial charge < -0.3 is 20.4 Å². The average Bonchev–Trinajstić information content (AvgIpc) is 2.73. The fraction of sp³-hybridized carbons (Fsp3) is 0.227. The van der Waals surface area contributed by atoms with Gasteiger partial charge in [-0.2, -0.15) is 13.2 Å². The number of halogens is 3. The van der Waals surface area contributed by atoms with Crippen LogP contribution in [0.5, 0.6) is 5.75 Å². The summed E-state index contributed by atoms with van der Waals surface area (Å²) in [4.78, 5) is 36.9. The van der Waals surface area contributed by atoms with Crippen molar-refractivity contribution in [1.29, 1.82) is 0 Å². The second kappa shape index (κ2) is 8.74. The molecule has 0 aliphatic rings. The van der Waals surface area contributed by atoms with Crippen molar-refractivity contribution < 1.29 is 27.5 Å². The van der Waals surface area contributed by atoms with Crippen molar-refractivity contribution >= 4 is 28.3 Å². The van der Waals surface area contributed by atoms with Crippen molar-refractivity contribution in [3.8, 4) is 5.75 Å². The lowest BCUT2D eigenvalue weighted by molar-refractivity contribution is -0.137. The number of anilines is 1. The molecule has 32 heavy (non-hydrogen) atoms. The van der Waals surface area contributed by atoms with E-state index in [0.717, 1.165) is 12.1 Å². The fourth-order valence-corrected chi connectivity index (χ4v) is 3.24. The monoisotopic (exact) mass is 447 g/mol.